The van der Waals surface area contributed by atoms with Crippen LogP contribution in [0.1, 0.15) is 13.3 Å². The summed E-state index contributed by atoms with van der Waals surface area (Å²) in [5.74, 6) is 1.66. The molecule has 1 N–H and O–H groups in total. The van der Waals surface area contributed by atoms with Crippen molar-refractivity contribution in [3.8, 4) is 0 Å². The molecule has 0 aromatic carbocycles. The van der Waals surface area contributed by atoms with Crippen molar-refractivity contribution in [3.63, 3.8) is 0 Å². The third-order valence-electron chi connectivity index (χ3n) is 3.06. The van der Waals surface area contributed by atoms with Gasteiger partial charge >= 0.3 is 0 Å². The molecule has 2 rings (SSSR count). The molecule has 0 radical (unpaired) electrons. The van der Waals surface area contributed by atoms with Crippen LogP contribution in [0.25, 0.3) is 0 Å². The van der Waals surface area contributed by atoms with E-state index in [2.05, 4.69) is 22.3 Å². The van der Waals surface area contributed by atoms with Crippen LogP contribution in [0.3, 0.4) is 0 Å². The summed E-state index contributed by atoms with van der Waals surface area (Å²) in [5, 5.41) is 8.60. The van der Waals surface area contributed by atoms with Crippen LogP contribution in [0.5, 0.6) is 0 Å². The van der Waals surface area contributed by atoms with Gasteiger partial charge in [-0.05, 0) is 13.0 Å². The summed E-state index contributed by atoms with van der Waals surface area (Å²) >= 11 is 1.76. The zero-order valence-corrected chi connectivity index (χ0v) is 11.2. The summed E-state index contributed by atoms with van der Waals surface area (Å²) in [6.45, 7) is 4.94. The largest absolute Gasteiger partial charge is 0.381 e. The Bertz CT molecular complexity index is 338. The fourth-order valence-corrected chi connectivity index (χ4v) is 3.15. The molecule has 1 aromatic heterocycles. The molecule has 2 unspecified atom stereocenters. The predicted octanol–water partition coefficient (Wildman–Crippen LogP) is 0.922. The summed E-state index contributed by atoms with van der Waals surface area (Å²) in [7, 11) is 1.93. The molecule has 1 aromatic rings. The molecule has 6 heteroatoms. The number of hydrogen-bond donors (Lipinski definition) is 1. The summed E-state index contributed by atoms with van der Waals surface area (Å²) in [4.78, 5) is 4.23. The molecule has 2 atom stereocenters. The fourth-order valence-electron chi connectivity index (χ4n) is 2.07. The molecular weight excluding hydrogens is 236 g/mol. The van der Waals surface area contributed by atoms with Crippen LogP contribution in [0.2, 0.25) is 0 Å². The Balaban J connectivity index is 1.86. The van der Waals surface area contributed by atoms with Gasteiger partial charge in [-0.15, -0.1) is 0 Å². The van der Waals surface area contributed by atoms with Crippen LogP contribution in [0.15, 0.2) is 11.5 Å². The molecule has 1 fully saturated rings. The second-order valence-electron chi connectivity index (χ2n) is 4.27. The van der Waals surface area contributed by atoms with Crippen molar-refractivity contribution in [2.24, 2.45) is 13.0 Å². The smallest absolute Gasteiger partial charge is 0.185 e. The molecule has 2 heterocycles. The van der Waals surface area contributed by atoms with Crippen LogP contribution in [-0.4, -0.2) is 46.3 Å². The molecule has 0 aliphatic carbocycles. The van der Waals surface area contributed by atoms with Gasteiger partial charge < -0.3 is 10.1 Å². The lowest BCUT2D eigenvalue weighted by atomic mass is 10.0. The van der Waals surface area contributed by atoms with E-state index in [0.717, 1.165) is 37.1 Å². The van der Waals surface area contributed by atoms with E-state index in [1.165, 1.54) is 0 Å². The van der Waals surface area contributed by atoms with Gasteiger partial charge in [0.1, 0.15) is 6.33 Å². The van der Waals surface area contributed by atoms with Crippen molar-refractivity contribution >= 4 is 11.8 Å². The van der Waals surface area contributed by atoms with Gasteiger partial charge in [0, 0.05) is 31.4 Å². The molecule has 1 aliphatic rings. The summed E-state index contributed by atoms with van der Waals surface area (Å²) in [6.07, 6.45) is 2.76. The van der Waals surface area contributed by atoms with Crippen molar-refractivity contribution in [2.75, 3.05) is 25.5 Å². The van der Waals surface area contributed by atoms with E-state index < -0.39 is 0 Å². The third-order valence-corrected chi connectivity index (χ3v) is 4.22. The molecule has 96 valence electrons. The average molecular weight is 256 g/mol. The van der Waals surface area contributed by atoms with E-state index in [4.69, 9.17) is 4.74 Å². The second kappa shape index (κ2) is 6.37. The first-order valence-electron chi connectivity index (χ1n) is 6.09. The van der Waals surface area contributed by atoms with Crippen molar-refractivity contribution in [1.29, 1.82) is 0 Å². The Morgan fingerprint density at radius 2 is 2.59 bits per heavy atom. The Morgan fingerprint density at radius 1 is 1.71 bits per heavy atom. The standard InChI is InChI=1S/C11H20N4OS/c1-3-12-10(9-4-5-16-6-9)7-17-11-13-8-14-15(11)2/h8-10,12H,3-7H2,1-2H3. The minimum Gasteiger partial charge on any atom is -0.381 e. The Kier molecular flexibility index (Phi) is 4.82. The highest BCUT2D eigenvalue weighted by Gasteiger charge is 2.25. The molecular formula is C11H20N4OS. The minimum atomic E-state index is 0.504. The maximum atomic E-state index is 5.46. The zero-order chi connectivity index (χ0) is 12.1. The van der Waals surface area contributed by atoms with Gasteiger partial charge in [-0.1, -0.05) is 18.7 Å². The lowest BCUT2D eigenvalue weighted by Gasteiger charge is -2.22. The molecule has 17 heavy (non-hydrogen) atoms. The highest BCUT2D eigenvalue weighted by Crippen LogP contribution is 2.22. The lowest BCUT2D eigenvalue weighted by molar-refractivity contribution is 0.179. The first-order chi connectivity index (χ1) is 8.31. The highest BCUT2D eigenvalue weighted by atomic mass is 32.2. The van der Waals surface area contributed by atoms with Gasteiger partial charge in [0.05, 0.1) is 6.61 Å². The zero-order valence-electron chi connectivity index (χ0n) is 10.4. The van der Waals surface area contributed by atoms with Crippen LogP contribution in [0.4, 0.5) is 0 Å². The maximum absolute atomic E-state index is 5.46. The van der Waals surface area contributed by atoms with Crippen LogP contribution in [0, 0.1) is 5.92 Å². The van der Waals surface area contributed by atoms with Gasteiger partial charge in [-0.25, -0.2) is 9.67 Å². The van der Waals surface area contributed by atoms with E-state index >= 15 is 0 Å². The van der Waals surface area contributed by atoms with Gasteiger partial charge in [0.2, 0.25) is 0 Å². The van der Waals surface area contributed by atoms with E-state index in [0.29, 0.717) is 12.0 Å². The summed E-state index contributed by atoms with van der Waals surface area (Å²) in [6, 6.07) is 0.504. The molecule has 0 amide bonds. The number of aryl methyl sites for hydroxylation is 1. The van der Waals surface area contributed by atoms with Crippen LogP contribution < -0.4 is 5.32 Å². The second-order valence-corrected chi connectivity index (χ2v) is 5.25. The van der Waals surface area contributed by atoms with E-state index in [1.54, 1.807) is 18.1 Å². The number of nitrogens with one attached hydrogen (secondary N) is 1. The molecule has 0 saturated carbocycles. The number of rotatable bonds is 6. The molecule has 0 spiro atoms. The fraction of sp³-hybridized carbons (Fsp3) is 0.818. The molecule has 5 nitrogen and oxygen atoms in total. The number of nitrogens with zero attached hydrogens (tertiary/aromatic N) is 3. The van der Waals surface area contributed by atoms with Crippen molar-refractivity contribution in [1.82, 2.24) is 20.1 Å². The van der Waals surface area contributed by atoms with Gasteiger partial charge in [0.15, 0.2) is 5.16 Å². The van der Waals surface area contributed by atoms with Crippen LogP contribution in [-0.2, 0) is 11.8 Å². The number of thioether (sulfide) groups is 1. The highest BCUT2D eigenvalue weighted by molar-refractivity contribution is 7.99. The quantitative estimate of drug-likeness (QED) is 0.767. The monoisotopic (exact) mass is 256 g/mol. The van der Waals surface area contributed by atoms with E-state index in [1.807, 2.05) is 11.7 Å². The first-order valence-corrected chi connectivity index (χ1v) is 7.07. The summed E-state index contributed by atoms with van der Waals surface area (Å²) < 4.78 is 7.28. The van der Waals surface area contributed by atoms with Gasteiger partial charge in [-0.2, -0.15) is 5.10 Å². The van der Waals surface area contributed by atoms with Crippen molar-refractivity contribution < 1.29 is 4.74 Å². The maximum Gasteiger partial charge on any atom is 0.185 e. The van der Waals surface area contributed by atoms with Gasteiger partial charge in [0.25, 0.3) is 0 Å². The SMILES string of the molecule is CCNC(CSc1ncnn1C)C1CCOC1. The predicted molar refractivity (Wildman–Crippen MR) is 68.1 cm³/mol. The molecule has 1 aliphatic heterocycles. The van der Waals surface area contributed by atoms with Crippen molar-refractivity contribution in [3.05, 3.63) is 6.33 Å². The van der Waals surface area contributed by atoms with Crippen LogP contribution >= 0.6 is 11.8 Å². The number of aromatic nitrogens is 3. The topological polar surface area (TPSA) is 52.0 Å². The number of hydrogen-bond acceptors (Lipinski definition) is 5. The third kappa shape index (κ3) is 3.43. The van der Waals surface area contributed by atoms with Gasteiger partial charge in [-0.3, -0.25) is 0 Å². The molecule has 0 bridgehead atoms. The summed E-state index contributed by atoms with van der Waals surface area (Å²) in [5.41, 5.74) is 0. The molecule has 1 saturated heterocycles. The Hall–Kier alpha value is -0.590. The van der Waals surface area contributed by atoms with Crippen molar-refractivity contribution in [2.45, 2.75) is 24.5 Å². The van der Waals surface area contributed by atoms with E-state index in [-0.39, 0.29) is 0 Å². The number of ether oxygens (including phenoxy) is 1. The lowest BCUT2D eigenvalue weighted by Crippen LogP contribution is -2.38. The minimum absolute atomic E-state index is 0.504. The van der Waals surface area contributed by atoms with E-state index in [9.17, 15) is 0 Å². The Labute approximate surface area is 106 Å². The first kappa shape index (κ1) is 12.9. The average Bonchev–Trinajstić information content (AvgIpc) is 2.96. The normalized spacial score (nSPS) is 21.9. The Morgan fingerprint density at radius 3 is 3.18 bits per heavy atom.